The first-order valence-corrected chi connectivity index (χ1v) is 11.0. The van der Waals surface area contributed by atoms with Crippen LogP contribution in [0.1, 0.15) is 35.8 Å². The zero-order chi connectivity index (χ0) is 22.8. The van der Waals surface area contributed by atoms with E-state index in [0.29, 0.717) is 24.2 Å². The van der Waals surface area contributed by atoms with Crippen LogP contribution < -0.4 is 0 Å². The summed E-state index contributed by atoms with van der Waals surface area (Å²) in [6.07, 6.45) is 1.36. The van der Waals surface area contributed by atoms with Gasteiger partial charge in [0.15, 0.2) is 6.61 Å². The fraction of sp³-hybridized carbons (Fsp3) is 0.350. The average molecular weight is 450 g/mol. The summed E-state index contributed by atoms with van der Waals surface area (Å²) in [7, 11) is -2.15. The SMILES string of the molecule is CCN(CC)S(=O)(=O)c1cc(C(=O)OCc2nc(-c3ccc(C)c(F)c3)no2)n(C)c1. The van der Waals surface area contributed by atoms with Crippen LogP contribution in [0.25, 0.3) is 11.4 Å². The number of carbonyl (C=O) groups excluding carboxylic acids is 1. The molecular formula is C20H23FN4O5S. The van der Waals surface area contributed by atoms with Crippen molar-refractivity contribution >= 4 is 16.0 Å². The lowest BCUT2D eigenvalue weighted by atomic mass is 10.1. The Bertz CT molecular complexity index is 1200. The maximum Gasteiger partial charge on any atom is 0.355 e. The monoisotopic (exact) mass is 450 g/mol. The third-order valence-electron chi connectivity index (χ3n) is 4.76. The molecular weight excluding hydrogens is 427 g/mol. The van der Waals surface area contributed by atoms with Crippen LogP contribution in [0.15, 0.2) is 39.9 Å². The number of hydrogen-bond donors (Lipinski definition) is 0. The summed E-state index contributed by atoms with van der Waals surface area (Å²) >= 11 is 0. The van der Waals surface area contributed by atoms with Gasteiger partial charge in [0, 0.05) is 31.9 Å². The number of aromatic nitrogens is 3. The van der Waals surface area contributed by atoms with Crippen LogP contribution in [0.5, 0.6) is 0 Å². The van der Waals surface area contributed by atoms with Crippen LogP contribution in [0.3, 0.4) is 0 Å². The number of halogens is 1. The molecule has 3 aromatic rings. The highest BCUT2D eigenvalue weighted by atomic mass is 32.2. The highest BCUT2D eigenvalue weighted by Gasteiger charge is 2.26. The number of sulfonamides is 1. The number of ether oxygens (including phenoxy) is 1. The number of nitrogens with zero attached hydrogens (tertiary/aromatic N) is 4. The van der Waals surface area contributed by atoms with Crippen LogP contribution in [-0.2, 0) is 28.4 Å². The van der Waals surface area contributed by atoms with Gasteiger partial charge in [0.25, 0.3) is 5.89 Å². The van der Waals surface area contributed by atoms with Gasteiger partial charge in [-0.05, 0) is 24.6 Å². The highest BCUT2D eigenvalue weighted by molar-refractivity contribution is 7.89. The lowest BCUT2D eigenvalue weighted by Crippen LogP contribution is -2.30. The van der Waals surface area contributed by atoms with Gasteiger partial charge in [-0.3, -0.25) is 0 Å². The zero-order valence-corrected chi connectivity index (χ0v) is 18.4. The molecule has 0 spiro atoms. The zero-order valence-electron chi connectivity index (χ0n) is 17.6. The Hall–Kier alpha value is -3.05. The summed E-state index contributed by atoms with van der Waals surface area (Å²) in [4.78, 5) is 16.6. The van der Waals surface area contributed by atoms with Gasteiger partial charge in [0.05, 0.1) is 0 Å². The molecule has 166 valence electrons. The summed E-state index contributed by atoms with van der Waals surface area (Å²) in [6.45, 7) is 5.44. The van der Waals surface area contributed by atoms with Gasteiger partial charge in [0.1, 0.15) is 16.4 Å². The van der Waals surface area contributed by atoms with Crippen LogP contribution in [-0.4, -0.2) is 46.5 Å². The van der Waals surface area contributed by atoms with Crippen molar-refractivity contribution in [1.82, 2.24) is 19.0 Å². The Balaban J connectivity index is 1.71. The van der Waals surface area contributed by atoms with Crippen molar-refractivity contribution in [1.29, 1.82) is 0 Å². The summed E-state index contributed by atoms with van der Waals surface area (Å²) in [5.74, 6) is -0.954. The van der Waals surface area contributed by atoms with Crippen LogP contribution >= 0.6 is 0 Å². The van der Waals surface area contributed by atoms with E-state index in [1.54, 1.807) is 40.0 Å². The number of hydrogen-bond acceptors (Lipinski definition) is 7. The van der Waals surface area contributed by atoms with E-state index in [9.17, 15) is 17.6 Å². The molecule has 0 aliphatic carbocycles. The molecule has 31 heavy (non-hydrogen) atoms. The molecule has 0 aliphatic heterocycles. The molecule has 1 aromatic carbocycles. The molecule has 0 atom stereocenters. The standard InChI is InChI=1S/C20H23FN4O5S/c1-5-25(6-2)31(27,28)15-10-17(24(4)11-15)20(26)29-12-18-22-19(23-30-18)14-8-7-13(3)16(21)9-14/h7-11H,5-6,12H2,1-4H3. The average Bonchev–Trinajstić information content (AvgIpc) is 3.36. The van der Waals surface area contributed by atoms with Crippen LogP contribution in [0.2, 0.25) is 0 Å². The Labute approximate surface area is 179 Å². The van der Waals surface area contributed by atoms with Crippen LogP contribution in [0.4, 0.5) is 4.39 Å². The van der Waals surface area contributed by atoms with Gasteiger partial charge in [-0.1, -0.05) is 31.1 Å². The normalized spacial score (nSPS) is 11.8. The van der Waals surface area contributed by atoms with E-state index in [4.69, 9.17) is 9.26 Å². The van der Waals surface area contributed by atoms with E-state index < -0.39 is 21.8 Å². The van der Waals surface area contributed by atoms with E-state index in [-0.39, 0.29) is 28.9 Å². The largest absolute Gasteiger partial charge is 0.451 e. The molecule has 11 heteroatoms. The number of benzene rings is 1. The minimum absolute atomic E-state index is 0.00660. The maximum atomic E-state index is 13.7. The topological polar surface area (TPSA) is 108 Å². The second-order valence-electron chi connectivity index (χ2n) is 6.81. The molecule has 0 radical (unpaired) electrons. The molecule has 0 saturated heterocycles. The first-order valence-electron chi connectivity index (χ1n) is 9.60. The Morgan fingerprint density at radius 3 is 2.61 bits per heavy atom. The molecule has 0 bridgehead atoms. The first kappa shape index (κ1) is 22.6. The second kappa shape index (κ2) is 8.98. The molecule has 0 N–H and O–H groups in total. The Morgan fingerprint density at radius 1 is 1.26 bits per heavy atom. The fourth-order valence-corrected chi connectivity index (χ4v) is 4.48. The Kier molecular flexibility index (Phi) is 6.56. The van der Waals surface area contributed by atoms with Gasteiger partial charge in [0.2, 0.25) is 15.8 Å². The molecule has 0 saturated carbocycles. The van der Waals surface area contributed by atoms with Crippen molar-refractivity contribution in [2.75, 3.05) is 13.1 Å². The van der Waals surface area contributed by atoms with Crippen molar-refractivity contribution in [3.63, 3.8) is 0 Å². The molecule has 0 unspecified atom stereocenters. The van der Waals surface area contributed by atoms with E-state index >= 15 is 0 Å². The summed E-state index contributed by atoms with van der Waals surface area (Å²) in [5, 5.41) is 3.77. The number of aryl methyl sites for hydroxylation is 2. The predicted octanol–water partition coefficient (Wildman–Crippen LogP) is 2.91. The lowest BCUT2D eigenvalue weighted by Gasteiger charge is -2.17. The van der Waals surface area contributed by atoms with Crippen molar-refractivity contribution in [3.05, 3.63) is 53.4 Å². The quantitative estimate of drug-likeness (QED) is 0.486. The lowest BCUT2D eigenvalue weighted by molar-refractivity contribution is 0.0418. The van der Waals surface area contributed by atoms with E-state index in [1.165, 1.54) is 27.2 Å². The van der Waals surface area contributed by atoms with Gasteiger partial charge >= 0.3 is 5.97 Å². The summed E-state index contributed by atoms with van der Waals surface area (Å²) in [5.41, 5.74) is 0.982. The van der Waals surface area contributed by atoms with Gasteiger partial charge in [-0.25, -0.2) is 17.6 Å². The molecule has 3 rings (SSSR count). The summed E-state index contributed by atoms with van der Waals surface area (Å²) in [6, 6.07) is 5.81. The molecule has 2 heterocycles. The molecule has 2 aromatic heterocycles. The third kappa shape index (κ3) is 4.67. The first-order chi connectivity index (χ1) is 14.7. The second-order valence-corrected chi connectivity index (χ2v) is 8.75. The maximum absolute atomic E-state index is 13.7. The minimum atomic E-state index is -3.70. The third-order valence-corrected chi connectivity index (χ3v) is 6.77. The molecule has 0 amide bonds. The van der Waals surface area contributed by atoms with Crippen molar-refractivity contribution < 1.29 is 26.9 Å². The van der Waals surface area contributed by atoms with Crippen molar-refractivity contribution in [2.24, 2.45) is 7.05 Å². The fourth-order valence-electron chi connectivity index (χ4n) is 2.95. The van der Waals surface area contributed by atoms with E-state index in [2.05, 4.69) is 10.1 Å². The molecule has 0 aliphatic rings. The number of rotatable bonds is 8. The highest BCUT2D eigenvalue weighted by Crippen LogP contribution is 2.21. The summed E-state index contributed by atoms with van der Waals surface area (Å²) < 4.78 is 51.9. The molecule has 0 fully saturated rings. The van der Waals surface area contributed by atoms with Gasteiger partial charge in [-0.2, -0.15) is 9.29 Å². The molecule has 9 nitrogen and oxygen atoms in total. The predicted molar refractivity (Wildman–Crippen MR) is 109 cm³/mol. The number of esters is 1. The van der Waals surface area contributed by atoms with E-state index in [0.717, 1.165) is 0 Å². The number of carbonyl (C=O) groups is 1. The van der Waals surface area contributed by atoms with Crippen molar-refractivity contribution in [3.8, 4) is 11.4 Å². The van der Waals surface area contributed by atoms with Crippen LogP contribution in [0, 0.1) is 12.7 Å². The van der Waals surface area contributed by atoms with Gasteiger partial charge in [-0.15, -0.1) is 0 Å². The minimum Gasteiger partial charge on any atom is -0.451 e. The van der Waals surface area contributed by atoms with E-state index in [1.807, 2.05) is 0 Å². The smallest absolute Gasteiger partial charge is 0.355 e. The van der Waals surface area contributed by atoms with Gasteiger partial charge < -0.3 is 13.8 Å². The Morgan fingerprint density at radius 2 is 1.97 bits per heavy atom. The van der Waals surface area contributed by atoms with Crippen molar-refractivity contribution in [2.45, 2.75) is 32.3 Å².